The Morgan fingerprint density at radius 3 is 1.16 bits per heavy atom. The maximum atomic E-state index is 5.55. The molecule has 2 unspecified atom stereocenters. The first kappa shape index (κ1) is 20.3. The minimum atomic E-state index is -2.06. The van der Waals surface area contributed by atoms with Crippen molar-refractivity contribution in [3.05, 3.63) is 0 Å². The Kier molecular flexibility index (Phi) is 10.0. The normalized spacial score (nSPS) is 16.4. The Labute approximate surface area is 131 Å². The molecule has 0 saturated heterocycles. The minimum absolute atomic E-state index is 0.352. The van der Waals surface area contributed by atoms with Crippen molar-refractivity contribution in [2.75, 3.05) is 28.4 Å². The summed E-state index contributed by atoms with van der Waals surface area (Å²) in [5.41, 5.74) is 0. The maximum absolute atomic E-state index is 5.55. The van der Waals surface area contributed by atoms with Crippen LogP contribution in [0.2, 0.25) is 13.1 Å². The first-order chi connectivity index (χ1) is 8.79. The first-order valence-electron chi connectivity index (χ1n) is 5.99. The molecule has 0 saturated carbocycles. The van der Waals surface area contributed by atoms with Crippen molar-refractivity contribution in [1.29, 1.82) is 0 Å². The Morgan fingerprint density at radius 2 is 0.947 bits per heavy atom. The lowest BCUT2D eigenvalue weighted by Crippen LogP contribution is -2.46. The monoisotopic (exact) mass is 362 g/mol. The molecule has 116 valence electrons. The molecule has 9 heteroatoms. The molecule has 0 aliphatic heterocycles. The van der Waals surface area contributed by atoms with E-state index in [1.165, 1.54) is 0 Å². The molecular formula is C10H26O4S3Si2. The summed E-state index contributed by atoms with van der Waals surface area (Å²) in [5, 5.41) is 0. The lowest BCUT2D eigenvalue weighted by atomic mass is 11.0. The summed E-state index contributed by atoms with van der Waals surface area (Å²) in [4.78, 5) is 0.704. The lowest BCUT2D eigenvalue weighted by molar-refractivity contribution is 0.249. The van der Waals surface area contributed by atoms with E-state index in [0.29, 0.717) is 9.75 Å². The highest BCUT2D eigenvalue weighted by Gasteiger charge is 2.39. The van der Waals surface area contributed by atoms with Crippen LogP contribution in [0.1, 0.15) is 13.8 Å². The molecule has 19 heavy (non-hydrogen) atoms. The molecule has 0 heterocycles. The fraction of sp³-hybridized carbons (Fsp3) is 1.00. The van der Waals surface area contributed by atoms with Gasteiger partial charge in [0.05, 0.1) is 9.75 Å². The van der Waals surface area contributed by atoms with E-state index < -0.39 is 17.1 Å². The standard InChI is InChI=1S/C10H26O4S3Si2/c1-9(18(7,11-3)12-4)15-17-16-10(2)19(8,13-5)14-6/h9-10H,1-8H3. The van der Waals surface area contributed by atoms with Crippen molar-refractivity contribution in [3.8, 4) is 0 Å². The van der Waals surface area contributed by atoms with Crippen LogP contribution >= 0.6 is 31.4 Å². The second-order valence-electron chi connectivity index (χ2n) is 4.39. The van der Waals surface area contributed by atoms with E-state index in [0.717, 1.165) is 0 Å². The molecule has 0 aliphatic rings. The quantitative estimate of drug-likeness (QED) is 0.434. The second kappa shape index (κ2) is 9.36. The highest BCUT2D eigenvalue weighted by atomic mass is 33.5. The van der Waals surface area contributed by atoms with Gasteiger partial charge >= 0.3 is 17.1 Å². The van der Waals surface area contributed by atoms with Crippen molar-refractivity contribution >= 4 is 48.5 Å². The highest BCUT2D eigenvalue weighted by molar-refractivity contribution is 9.09. The maximum Gasteiger partial charge on any atom is 0.348 e. The van der Waals surface area contributed by atoms with Crippen molar-refractivity contribution in [3.63, 3.8) is 0 Å². The smallest absolute Gasteiger partial charge is 0.348 e. The summed E-state index contributed by atoms with van der Waals surface area (Å²) in [6.45, 7) is 8.49. The largest absolute Gasteiger partial charge is 0.397 e. The van der Waals surface area contributed by atoms with Gasteiger partial charge in [-0.3, -0.25) is 0 Å². The summed E-state index contributed by atoms with van der Waals surface area (Å²) in [6.07, 6.45) is 0. The molecule has 2 atom stereocenters. The van der Waals surface area contributed by atoms with Crippen LogP contribution in [0, 0.1) is 0 Å². The van der Waals surface area contributed by atoms with Crippen LogP contribution in [0.15, 0.2) is 0 Å². The van der Waals surface area contributed by atoms with E-state index in [1.807, 2.05) is 0 Å². The summed E-state index contributed by atoms with van der Waals surface area (Å²) in [6, 6.07) is 0. The summed E-state index contributed by atoms with van der Waals surface area (Å²) in [5.74, 6) is 0. The topological polar surface area (TPSA) is 36.9 Å². The van der Waals surface area contributed by atoms with E-state index in [9.17, 15) is 0 Å². The molecule has 0 rings (SSSR count). The predicted molar refractivity (Wildman–Crippen MR) is 93.0 cm³/mol. The van der Waals surface area contributed by atoms with E-state index in [4.69, 9.17) is 17.7 Å². The molecule has 0 spiro atoms. The van der Waals surface area contributed by atoms with Gasteiger partial charge in [0, 0.05) is 28.4 Å². The molecule has 0 radical (unpaired) electrons. The number of hydrogen-bond acceptors (Lipinski definition) is 7. The van der Waals surface area contributed by atoms with Gasteiger partial charge in [-0.05, 0) is 22.9 Å². The van der Waals surface area contributed by atoms with Crippen LogP contribution in [0.3, 0.4) is 0 Å². The second-order valence-corrected chi connectivity index (χ2v) is 17.4. The average Bonchev–Trinajstić information content (AvgIpc) is 2.44. The third-order valence-electron chi connectivity index (χ3n) is 3.47. The Morgan fingerprint density at radius 1 is 0.684 bits per heavy atom. The highest BCUT2D eigenvalue weighted by Crippen LogP contribution is 2.44. The van der Waals surface area contributed by atoms with E-state index in [1.54, 1.807) is 59.9 Å². The van der Waals surface area contributed by atoms with Gasteiger partial charge in [0.2, 0.25) is 0 Å². The molecule has 0 bridgehead atoms. The van der Waals surface area contributed by atoms with Crippen LogP contribution < -0.4 is 0 Å². The van der Waals surface area contributed by atoms with E-state index >= 15 is 0 Å². The number of hydrogen-bond donors (Lipinski definition) is 0. The van der Waals surface area contributed by atoms with Crippen LogP contribution in [0.5, 0.6) is 0 Å². The van der Waals surface area contributed by atoms with E-state index in [-0.39, 0.29) is 0 Å². The molecule has 0 aromatic carbocycles. The first-order valence-corrected chi connectivity index (χ1v) is 14.4. The zero-order chi connectivity index (χ0) is 15.1. The van der Waals surface area contributed by atoms with Crippen molar-refractivity contribution < 1.29 is 17.7 Å². The summed E-state index contributed by atoms with van der Waals surface area (Å²) < 4.78 is 22.2. The molecule has 0 fully saturated rings. The van der Waals surface area contributed by atoms with Gasteiger partial charge in [0.1, 0.15) is 0 Å². The van der Waals surface area contributed by atoms with Gasteiger partial charge in [-0.1, -0.05) is 35.4 Å². The Bertz CT molecular complexity index is 229. The minimum Gasteiger partial charge on any atom is -0.397 e. The molecule has 0 aromatic heterocycles. The molecule has 0 aliphatic carbocycles. The van der Waals surface area contributed by atoms with Crippen LogP contribution in [-0.4, -0.2) is 55.3 Å². The third-order valence-corrected chi connectivity index (χ3v) is 18.3. The fourth-order valence-corrected chi connectivity index (χ4v) is 14.3. The molecule has 4 nitrogen and oxygen atoms in total. The summed E-state index contributed by atoms with van der Waals surface area (Å²) in [7, 11) is 8.17. The average molecular weight is 363 g/mol. The van der Waals surface area contributed by atoms with Crippen LogP contribution in [0.4, 0.5) is 0 Å². The van der Waals surface area contributed by atoms with Crippen molar-refractivity contribution in [2.24, 2.45) is 0 Å². The van der Waals surface area contributed by atoms with Gasteiger partial charge in [0.25, 0.3) is 0 Å². The Balaban J connectivity index is 4.23. The van der Waals surface area contributed by atoms with Gasteiger partial charge in [0.15, 0.2) is 0 Å². The predicted octanol–water partition coefficient (Wildman–Crippen LogP) is 3.60. The lowest BCUT2D eigenvalue weighted by Gasteiger charge is -2.30. The van der Waals surface area contributed by atoms with Gasteiger partial charge < -0.3 is 17.7 Å². The van der Waals surface area contributed by atoms with Crippen molar-refractivity contribution in [1.82, 2.24) is 0 Å². The zero-order valence-electron chi connectivity index (χ0n) is 13.0. The zero-order valence-corrected chi connectivity index (χ0v) is 17.5. The third kappa shape index (κ3) is 5.91. The van der Waals surface area contributed by atoms with E-state index in [2.05, 4.69) is 26.9 Å². The molecule has 0 amide bonds. The molecule has 0 N–H and O–H groups in total. The van der Waals surface area contributed by atoms with Crippen LogP contribution in [0.25, 0.3) is 0 Å². The number of rotatable bonds is 10. The van der Waals surface area contributed by atoms with Crippen molar-refractivity contribution in [2.45, 2.75) is 36.7 Å². The van der Waals surface area contributed by atoms with Gasteiger partial charge in [-0.15, -0.1) is 0 Å². The fourth-order valence-electron chi connectivity index (χ4n) is 1.15. The molecule has 0 aromatic rings. The summed E-state index contributed by atoms with van der Waals surface area (Å²) >= 11 is 0. The Hall–Kier alpha value is 1.32. The van der Waals surface area contributed by atoms with Gasteiger partial charge in [-0.25, -0.2) is 0 Å². The SMILES string of the molecule is CO[Si](C)(OC)C(C)SSSC(C)[Si](C)(OC)OC. The van der Waals surface area contributed by atoms with Crippen LogP contribution in [-0.2, 0) is 17.7 Å². The molecular weight excluding hydrogens is 336 g/mol. The van der Waals surface area contributed by atoms with Gasteiger partial charge in [-0.2, -0.15) is 0 Å².